The van der Waals surface area contributed by atoms with Gasteiger partial charge in [0.1, 0.15) is 5.82 Å². The van der Waals surface area contributed by atoms with Crippen molar-refractivity contribution in [1.29, 1.82) is 0 Å². The van der Waals surface area contributed by atoms with E-state index < -0.39 is 11.4 Å². The first-order valence-corrected chi connectivity index (χ1v) is 7.44. The Morgan fingerprint density at radius 3 is 2.57 bits per heavy atom. The quantitative estimate of drug-likeness (QED) is 0.918. The molecule has 4 nitrogen and oxygen atoms in total. The van der Waals surface area contributed by atoms with Crippen LogP contribution in [0.4, 0.5) is 0 Å². The number of fused-ring (bicyclic) bond motifs is 1. The Morgan fingerprint density at radius 1 is 1.33 bits per heavy atom. The summed E-state index contributed by atoms with van der Waals surface area (Å²) in [6.07, 6.45) is 1.57. The molecule has 0 saturated heterocycles. The van der Waals surface area contributed by atoms with Crippen molar-refractivity contribution in [3.05, 3.63) is 30.1 Å². The van der Waals surface area contributed by atoms with Crippen molar-refractivity contribution < 1.29 is 9.90 Å². The molecule has 0 bridgehead atoms. The van der Waals surface area contributed by atoms with E-state index in [4.69, 9.17) is 4.98 Å². The van der Waals surface area contributed by atoms with Gasteiger partial charge in [-0.05, 0) is 37.3 Å². The molecule has 1 aromatic heterocycles. The van der Waals surface area contributed by atoms with Gasteiger partial charge in [-0.3, -0.25) is 4.79 Å². The van der Waals surface area contributed by atoms with Crippen LogP contribution in [0.5, 0.6) is 0 Å². The lowest BCUT2D eigenvalue weighted by molar-refractivity contribution is -0.153. The summed E-state index contributed by atoms with van der Waals surface area (Å²) in [5.41, 5.74) is 1.06. The third-order valence-electron chi connectivity index (χ3n) is 5.83. The standard InChI is InChI=1S/C17H22N2O2/c1-16(2)11(9-10-17(16,3)15(20)21)14-18-12-7-5-6-8-13(12)19(14)4/h5-8,11H,9-10H2,1-4H3,(H,20,21)/t11-,17-/m0/s1. The summed E-state index contributed by atoms with van der Waals surface area (Å²) in [5.74, 6) is 0.468. The summed E-state index contributed by atoms with van der Waals surface area (Å²) in [6.45, 7) is 6.01. The van der Waals surface area contributed by atoms with Gasteiger partial charge in [-0.15, -0.1) is 0 Å². The molecule has 2 atom stereocenters. The Labute approximate surface area is 124 Å². The Kier molecular flexibility index (Phi) is 2.91. The van der Waals surface area contributed by atoms with Crippen molar-refractivity contribution in [2.45, 2.75) is 39.5 Å². The number of nitrogens with zero attached hydrogens (tertiary/aromatic N) is 2. The molecule has 1 aliphatic carbocycles. The summed E-state index contributed by atoms with van der Waals surface area (Å²) in [5, 5.41) is 9.65. The van der Waals surface area contributed by atoms with E-state index in [0.29, 0.717) is 6.42 Å². The largest absolute Gasteiger partial charge is 0.481 e. The van der Waals surface area contributed by atoms with E-state index in [-0.39, 0.29) is 11.3 Å². The van der Waals surface area contributed by atoms with Crippen LogP contribution in [0.1, 0.15) is 45.4 Å². The molecule has 1 aliphatic rings. The monoisotopic (exact) mass is 286 g/mol. The second-order valence-corrected chi connectivity index (χ2v) is 6.97. The van der Waals surface area contributed by atoms with Crippen molar-refractivity contribution in [2.75, 3.05) is 0 Å². The molecule has 0 radical (unpaired) electrons. The maximum absolute atomic E-state index is 11.7. The van der Waals surface area contributed by atoms with E-state index in [9.17, 15) is 9.90 Å². The molecule has 0 amide bonds. The van der Waals surface area contributed by atoms with Gasteiger partial charge in [0, 0.05) is 13.0 Å². The first-order valence-electron chi connectivity index (χ1n) is 7.44. The van der Waals surface area contributed by atoms with Crippen LogP contribution in [0.25, 0.3) is 11.0 Å². The van der Waals surface area contributed by atoms with E-state index in [0.717, 1.165) is 23.3 Å². The van der Waals surface area contributed by atoms with E-state index in [1.807, 2.05) is 32.2 Å². The van der Waals surface area contributed by atoms with Crippen molar-refractivity contribution in [1.82, 2.24) is 9.55 Å². The Hall–Kier alpha value is -1.84. The second-order valence-electron chi connectivity index (χ2n) is 6.97. The summed E-state index contributed by atoms with van der Waals surface area (Å²) in [6, 6.07) is 8.07. The van der Waals surface area contributed by atoms with Gasteiger partial charge in [0.05, 0.1) is 16.4 Å². The minimum atomic E-state index is -0.700. The van der Waals surface area contributed by atoms with Gasteiger partial charge in [-0.2, -0.15) is 0 Å². The van der Waals surface area contributed by atoms with Gasteiger partial charge >= 0.3 is 5.97 Å². The van der Waals surface area contributed by atoms with Crippen molar-refractivity contribution in [2.24, 2.45) is 17.9 Å². The predicted molar refractivity (Wildman–Crippen MR) is 82.2 cm³/mol. The third kappa shape index (κ3) is 1.74. The predicted octanol–water partition coefficient (Wildman–Crippen LogP) is 3.57. The number of aliphatic carboxylic acids is 1. The normalized spacial score (nSPS) is 28.1. The summed E-state index contributed by atoms with van der Waals surface area (Å²) < 4.78 is 2.12. The van der Waals surface area contributed by atoms with Crippen LogP contribution in [-0.2, 0) is 11.8 Å². The number of para-hydroxylation sites is 2. The van der Waals surface area contributed by atoms with Crippen LogP contribution >= 0.6 is 0 Å². The van der Waals surface area contributed by atoms with Gasteiger partial charge in [0.15, 0.2) is 0 Å². The Morgan fingerprint density at radius 2 is 2.00 bits per heavy atom. The number of carboxylic acids is 1. The average molecular weight is 286 g/mol. The van der Waals surface area contributed by atoms with Crippen molar-refractivity contribution in [3.63, 3.8) is 0 Å². The highest BCUT2D eigenvalue weighted by Gasteiger charge is 2.57. The smallest absolute Gasteiger partial charge is 0.309 e. The number of benzene rings is 1. The Balaban J connectivity index is 2.12. The zero-order valence-corrected chi connectivity index (χ0v) is 13.1. The molecule has 0 spiro atoms. The minimum Gasteiger partial charge on any atom is -0.481 e. The van der Waals surface area contributed by atoms with Crippen LogP contribution in [-0.4, -0.2) is 20.6 Å². The average Bonchev–Trinajstić information content (AvgIpc) is 2.87. The molecule has 4 heteroatoms. The molecule has 0 unspecified atom stereocenters. The van der Waals surface area contributed by atoms with Gasteiger partial charge in [0.2, 0.25) is 0 Å². The van der Waals surface area contributed by atoms with Crippen LogP contribution in [0.3, 0.4) is 0 Å². The lowest BCUT2D eigenvalue weighted by Crippen LogP contribution is -2.40. The number of carboxylic acid groups (broad SMARTS) is 1. The van der Waals surface area contributed by atoms with Gasteiger partial charge < -0.3 is 9.67 Å². The topological polar surface area (TPSA) is 55.1 Å². The fraction of sp³-hybridized carbons (Fsp3) is 0.529. The highest BCUT2D eigenvalue weighted by molar-refractivity contribution is 5.77. The van der Waals surface area contributed by atoms with Crippen LogP contribution in [0.15, 0.2) is 24.3 Å². The molecule has 0 aliphatic heterocycles. The number of carbonyl (C=O) groups is 1. The summed E-state index contributed by atoms with van der Waals surface area (Å²) in [4.78, 5) is 16.5. The number of rotatable bonds is 2. The van der Waals surface area contributed by atoms with Gasteiger partial charge in [-0.25, -0.2) is 4.98 Å². The van der Waals surface area contributed by atoms with Crippen molar-refractivity contribution in [3.8, 4) is 0 Å². The molecule has 1 fully saturated rings. The Bertz CT molecular complexity index is 717. The molecule has 1 saturated carbocycles. The number of aromatic nitrogens is 2. The van der Waals surface area contributed by atoms with Crippen LogP contribution in [0, 0.1) is 10.8 Å². The van der Waals surface area contributed by atoms with Crippen LogP contribution in [0.2, 0.25) is 0 Å². The molecular weight excluding hydrogens is 264 g/mol. The first kappa shape index (κ1) is 14.1. The highest BCUT2D eigenvalue weighted by Crippen LogP contribution is 2.59. The van der Waals surface area contributed by atoms with E-state index in [2.05, 4.69) is 24.5 Å². The molecule has 1 aromatic carbocycles. The number of hydrogen-bond donors (Lipinski definition) is 1. The number of imidazole rings is 1. The van der Waals surface area contributed by atoms with E-state index in [1.54, 1.807) is 0 Å². The molecule has 1 heterocycles. The molecule has 21 heavy (non-hydrogen) atoms. The summed E-state index contributed by atoms with van der Waals surface area (Å²) >= 11 is 0. The molecule has 1 N–H and O–H groups in total. The highest BCUT2D eigenvalue weighted by atomic mass is 16.4. The van der Waals surface area contributed by atoms with E-state index in [1.165, 1.54) is 0 Å². The maximum Gasteiger partial charge on any atom is 0.309 e. The summed E-state index contributed by atoms with van der Waals surface area (Å²) in [7, 11) is 2.02. The second kappa shape index (κ2) is 4.33. The maximum atomic E-state index is 11.7. The molecule has 112 valence electrons. The first-order chi connectivity index (χ1) is 9.79. The lowest BCUT2D eigenvalue weighted by Gasteiger charge is -2.38. The molecule has 3 rings (SSSR count). The SMILES string of the molecule is Cn1c([C@@H]2CC[C@@](C)(C(=O)O)C2(C)C)nc2ccccc21. The van der Waals surface area contributed by atoms with E-state index >= 15 is 0 Å². The van der Waals surface area contributed by atoms with Crippen molar-refractivity contribution >= 4 is 17.0 Å². The zero-order chi connectivity index (χ0) is 15.4. The van der Waals surface area contributed by atoms with Crippen LogP contribution < -0.4 is 0 Å². The van der Waals surface area contributed by atoms with Gasteiger partial charge in [0.25, 0.3) is 0 Å². The fourth-order valence-electron chi connectivity index (χ4n) is 3.81. The molecule has 2 aromatic rings. The van der Waals surface area contributed by atoms with Gasteiger partial charge in [-0.1, -0.05) is 26.0 Å². The molecular formula is C17H22N2O2. The number of aryl methyl sites for hydroxylation is 1. The zero-order valence-electron chi connectivity index (χ0n) is 13.1. The lowest BCUT2D eigenvalue weighted by atomic mass is 9.65. The fourth-order valence-corrected chi connectivity index (χ4v) is 3.81. The number of hydrogen-bond acceptors (Lipinski definition) is 2. The minimum absolute atomic E-state index is 0.163. The third-order valence-corrected chi connectivity index (χ3v) is 5.83.